The monoisotopic (exact) mass is 464 g/mol. The maximum atomic E-state index is 13.0. The van der Waals surface area contributed by atoms with Crippen molar-refractivity contribution in [2.75, 3.05) is 5.32 Å². The second kappa shape index (κ2) is 10.4. The highest BCUT2D eigenvalue weighted by molar-refractivity contribution is 7.17. The molecule has 0 aliphatic carbocycles. The zero-order valence-electron chi connectivity index (χ0n) is 17.8. The molecule has 0 radical (unpaired) electrons. The fraction of sp³-hybridized carbons (Fsp3) is 0.136. The maximum absolute atomic E-state index is 13.0. The predicted octanol–water partition coefficient (Wildman–Crippen LogP) is 2.95. The van der Waals surface area contributed by atoms with Crippen LogP contribution in [0.3, 0.4) is 0 Å². The van der Waals surface area contributed by atoms with Gasteiger partial charge in [0.05, 0.1) is 17.0 Å². The number of carbonyl (C=O) groups excluding carboxylic acids is 4. The Morgan fingerprint density at radius 3 is 2.45 bits per heavy atom. The van der Waals surface area contributed by atoms with E-state index in [1.54, 1.807) is 49.6 Å². The largest absolute Gasteiger partial charge is 0.350 e. The number of hydrogen-bond donors (Lipinski definition) is 3. The van der Waals surface area contributed by atoms with Crippen molar-refractivity contribution in [1.82, 2.24) is 15.4 Å². The molecule has 0 unspecified atom stereocenters. The molecule has 10 nitrogen and oxygen atoms in total. The molecule has 168 valence electrons. The predicted molar refractivity (Wildman–Crippen MR) is 124 cm³/mol. The molecule has 3 amide bonds. The minimum atomic E-state index is -0.980. The number of nitrogens with two attached hydrogens (primary N) is 1. The van der Waals surface area contributed by atoms with Gasteiger partial charge in [0.2, 0.25) is 0 Å². The molecule has 0 saturated heterocycles. The lowest BCUT2D eigenvalue weighted by molar-refractivity contribution is -0.110. The second-order valence-corrected chi connectivity index (χ2v) is 7.90. The third-order valence-corrected chi connectivity index (χ3v) is 5.65. The number of aryl methyl sites for hydroxylation is 1. The molecule has 0 spiro atoms. The number of nitrogens with one attached hydrogen (secondary N) is 2. The van der Waals surface area contributed by atoms with E-state index in [1.807, 2.05) is 11.5 Å². The number of Topliss-reactive ketones (excluding diaryl/α,β-unsaturated/α-hetero) is 2. The van der Waals surface area contributed by atoms with Crippen LogP contribution >= 0.6 is 11.3 Å². The van der Waals surface area contributed by atoms with Crippen LogP contribution in [0, 0.1) is 6.92 Å². The molecule has 2 heterocycles. The first-order valence-electron chi connectivity index (χ1n) is 9.70. The van der Waals surface area contributed by atoms with Crippen molar-refractivity contribution >= 4 is 46.2 Å². The smallest absolute Gasteiger partial charge is 0.332 e. The molecule has 3 aromatic rings. The molecule has 4 N–H and O–H groups in total. The normalized spacial score (nSPS) is 11.0. The van der Waals surface area contributed by atoms with Gasteiger partial charge in [0.25, 0.3) is 5.91 Å². The van der Waals surface area contributed by atoms with E-state index >= 15 is 0 Å². The van der Waals surface area contributed by atoms with E-state index in [1.165, 1.54) is 18.3 Å². The Labute approximate surface area is 192 Å². The van der Waals surface area contributed by atoms with Crippen LogP contribution in [0.4, 0.5) is 10.5 Å². The summed E-state index contributed by atoms with van der Waals surface area (Å²) in [7, 11) is 0. The van der Waals surface area contributed by atoms with Crippen molar-refractivity contribution < 1.29 is 19.2 Å². The number of thiazole rings is 1. The van der Waals surface area contributed by atoms with Gasteiger partial charge in [-0.05, 0) is 50.2 Å². The number of amides is 3. The fourth-order valence-electron chi connectivity index (χ4n) is 2.78. The molecule has 0 bridgehead atoms. The van der Waals surface area contributed by atoms with Crippen molar-refractivity contribution in [3.63, 3.8) is 0 Å². The summed E-state index contributed by atoms with van der Waals surface area (Å²) in [6.45, 7) is 3.12. The number of urea groups is 1. The number of aromatic nitrogens is 2. The van der Waals surface area contributed by atoms with E-state index in [0.29, 0.717) is 26.8 Å². The molecule has 33 heavy (non-hydrogen) atoms. The molecular weight excluding hydrogens is 444 g/mol. The van der Waals surface area contributed by atoms with E-state index in [0.717, 1.165) is 5.56 Å². The van der Waals surface area contributed by atoms with Crippen LogP contribution in [0.5, 0.6) is 0 Å². The number of ketones is 2. The summed E-state index contributed by atoms with van der Waals surface area (Å²) in [5.41, 5.74) is 8.94. The van der Waals surface area contributed by atoms with Gasteiger partial charge in [-0.15, -0.1) is 11.3 Å². The number of carbonyl (C=O) groups is 4. The molecule has 0 atom stereocenters. The van der Waals surface area contributed by atoms with Crippen LogP contribution in [0.15, 0.2) is 53.9 Å². The Morgan fingerprint density at radius 2 is 1.85 bits per heavy atom. The highest BCUT2D eigenvalue weighted by Crippen LogP contribution is 2.28. The Bertz CT molecular complexity index is 1240. The first-order valence-corrected chi connectivity index (χ1v) is 10.5. The summed E-state index contributed by atoms with van der Waals surface area (Å²) in [6, 6.07) is 8.82. The number of benzene rings is 1. The van der Waals surface area contributed by atoms with E-state index in [4.69, 9.17) is 5.73 Å². The number of hydrazone groups is 1. The lowest BCUT2D eigenvalue weighted by Crippen LogP contribution is -2.31. The van der Waals surface area contributed by atoms with Crippen molar-refractivity contribution in [3.05, 3.63) is 64.9 Å². The summed E-state index contributed by atoms with van der Waals surface area (Å²) in [6.07, 6.45) is 2.88. The summed E-state index contributed by atoms with van der Waals surface area (Å²) in [5.74, 6) is -1.22. The van der Waals surface area contributed by atoms with E-state index in [-0.39, 0.29) is 11.5 Å². The molecular formula is C22H20N6O4S. The molecule has 0 saturated carbocycles. The number of pyridine rings is 1. The van der Waals surface area contributed by atoms with Crippen LogP contribution in [0.2, 0.25) is 0 Å². The Morgan fingerprint density at radius 1 is 1.12 bits per heavy atom. The quantitative estimate of drug-likeness (QED) is 0.264. The van der Waals surface area contributed by atoms with E-state index in [9.17, 15) is 19.2 Å². The van der Waals surface area contributed by atoms with Gasteiger partial charge in [0.1, 0.15) is 10.7 Å². The van der Waals surface area contributed by atoms with E-state index < -0.39 is 24.1 Å². The molecule has 3 rings (SSSR count). The Balaban J connectivity index is 1.80. The standard InChI is InChI=1S/C22H20N6O4S/c1-12-19(33-21(25-12)15-4-3-9-24-11-15)18(30)10-17(27-28-22(23)32)20(31)26-16-7-5-14(6-8-16)13(2)29/h3-9,11H,10H2,1-2H3,(H,26,31)(H3,23,28,32)/b27-17-. The Kier molecular flexibility index (Phi) is 7.36. The first-order chi connectivity index (χ1) is 15.7. The van der Waals surface area contributed by atoms with Gasteiger partial charge in [-0.3, -0.25) is 19.4 Å². The third kappa shape index (κ3) is 6.14. The van der Waals surface area contributed by atoms with Gasteiger partial charge >= 0.3 is 6.03 Å². The molecule has 0 aliphatic rings. The lowest BCUT2D eigenvalue weighted by Gasteiger charge is -2.08. The molecule has 0 fully saturated rings. The number of anilines is 1. The molecule has 1 aromatic carbocycles. The number of hydrogen-bond acceptors (Lipinski definition) is 8. The van der Waals surface area contributed by atoms with Gasteiger partial charge in [-0.1, -0.05) is 0 Å². The van der Waals surface area contributed by atoms with E-state index in [2.05, 4.69) is 20.4 Å². The Hall–Kier alpha value is -4.25. The maximum Gasteiger partial charge on any atom is 0.332 e. The van der Waals surface area contributed by atoms with Gasteiger partial charge in [-0.2, -0.15) is 5.10 Å². The van der Waals surface area contributed by atoms with Gasteiger partial charge in [0.15, 0.2) is 11.6 Å². The minimum Gasteiger partial charge on any atom is -0.350 e. The van der Waals surface area contributed by atoms with Gasteiger partial charge in [0, 0.05) is 29.2 Å². The van der Waals surface area contributed by atoms with Crippen molar-refractivity contribution in [3.8, 4) is 10.6 Å². The van der Waals surface area contributed by atoms with Gasteiger partial charge in [-0.25, -0.2) is 15.2 Å². The molecule has 0 aliphatic heterocycles. The summed E-state index contributed by atoms with van der Waals surface area (Å²) < 4.78 is 0. The summed E-state index contributed by atoms with van der Waals surface area (Å²) >= 11 is 1.18. The SMILES string of the molecule is CC(=O)c1ccc(NC(=O)/C(CC(=O)c2sc(-c3cccnc3)nc2C)=N\NC(N)=O)cc1. The van der Waals surface area contributed by atoms with Crippen molar-refractivity contribution in [2.24, 2.45) is 10.8 Å². The number of rotatable bonds is 8. The first kappa shape index (κ1) is 23.4. The summed E-state index contributed by atoms with van der Waals surface area (Å²) in [4.78, 5) is 57.0. The average Bonchev–Trinajstić information content (AvgIpc) is 3.19. The third-order valence-electron chi connectivity index (χ3n) is 4.40. The van der Waals surface area contributed by atoms with Crippen LogP contribution < -0.4 is 16.5 Å². The lowest BCUT2D eigenvalue weighted by atomic mass is 10.1. The minimum absolute atomic E-state index is 0.114. The van der Waals surface area contributed by atoms with Crippen LogP contribution in [0.25, 0.3) is 10.6 Å². The second-order valence-electron chi connectivity index (χ2n) is 6.90. The van der Waals surface area contributed by atoms with Crippen LogP contribution in [-0.4, -0.2) is 39.2 Å². The average molecular weight is 465 g/mol. The van der Waals surface area contributed by atoms with Crippen molar-refractivity contribution in [2.45, 2.75) is 20.3 Å². The number of primary amides is 1. The highest BCUT2D eigenvalue weighted by Gasteiger charge is 2.22. The molecule has 2 aromatic heterocycles. The number of nitrogens with zero attached hydrogens (tertiary/aromatic N) is 3. The van der Waals surface area contributed by atoms with Crippen molar-refractivity contribution in [1.29, 1.82) is 0 Å². The highest BCUT2D eigenvalue weighted by atomic mass is 32.1. The summed E-state index contributed by atoms with van der Waals surface area (Å²) in [5, 5.41) is 6.91. The molecule has 11 heteroatoms. The topological polar surface area (TPSA) is 156 Å². The fourth-order valence-corrected chi connectivity index (χ4v) is 3.78. The zero-order valence-corrected chi connectivity index (χ0v) is 18.6. The van der Waals surface area contributed by atoms with Crippen LogP contribution in [0.1, 0.15) is 39.1 Å². The van der Waals surface area contributed by atoms with Gasteiger partial charge < -0.3 is 11.1 Å². The zero-order chi connectivity index (χ0) is 24.0. The van der Waals surface area contributed by atoms with Crippen LogP contribution in [-0.2, 0) is 4.79 Å².